The summed E-state index contributed by atoms with van der Waals surface area (Å²) in [6.45, 7) is 1.21. The molecule has 0 fully saturated rings. The standard InChI is InChI=1S/C20H19N5OS3/c1-25(12-17-22-15-9-5-6-10-16(15)28-17)18(26)13-27-20-24-23-19(29-20)21-11-14-7-3-2-4-8-14/h2-10H,11-13H2,1H3,(H,21,23). The fourth-order valence-electron chi connectivity index (χ4n) is 2.63. The van der Waals surface area contributed by atoms with Crippen molar-refractivity contribution in [3.63, 3.8) is 0 Å². The molecule has 0 aliphatic heterocycles. The fraction of sp³-hybridized carbons (Fsp3) is 0.200. The minimum Gasteiger partial charge on any atom is -0.356 e. The summed E-state index contributed by atoms with van der Waals surface area (Å²) in [5.74, 6) is 0.373. The fourth-order valence-corrected chi connectivity index (χ4v) is 5.33. The van der Waals surface area contributed by atoms with Crippen LogP contribution in [0.15, 0.2) is 58.9 Å². The molecule has 4 aromatic rings. The summed E-state index contributed by atoms with van der Waals surface area (Å²) in [6, 6.07) is 18.1. The third-order valence-electron chi connectivity index (χ3n) is 4.15. The molecule has 0 aliphatic carbocycles. The molecule has 4 rings (SSSR count). The highest BCUT2D eigenvalue weighted by molar-refractivity contribution is 8.01. The van der Waals surface area contributed by atoms with Gasteiger partial charge in [0.1, 0.15) is 5.01 Å². The van der Waals surface area contributed by atoms with Crippen LogP contribution in [0.2, 0.25) is 0 Å². The van der Waals surface area contributed by atoms with E-state index < -0.39 is 0 Å². The van der Waals surface area contributed by atoms with Gasteiger partial charge in [0.2, 0.25) is 11.0 Å². The number of thiazole rings is 1. The van der Waals surface area contributed by atoms with Crippen molar-refractivity contribution in [2.75, 3.05) is 18.1 Å². The number of carbonyl (C=O) groups excluding carboxylic acids is 1. The van der Waals surface area contributed by atoms with Gasteiger partial charge < -0.3 is 10.2 Å². The molecule has 0 unspecified atom stereocenters. The molecular formula is C20H19N5OS3. The molecule has 0 bridgehead atoms. The van der Waals surface area contributed by atoms with Crippen LogP contribution in [0.1, 0.15) is 10.6 Å². The van der Waals surface area contributed by atoms with Crippen molar-refractivity contribution in [1.82, 2.24) is 20.1 Å². The van der Waals surface area contributed by atoms with Crippen LogP contribution in [-0.2, 0) is 17.9 Å². The van der Waals surface area contributed by atoms with Crippen LogP contribution in [0, 0.1) is 0 Å². The first-order chi connectivity index (χ1) is 14.2. The smallest absolute Gasteiger partial charge is 0.233 e. The number of benzene rings is 2. The van der Waals surface area contributed by atoms with E-state index in [2.05, 4.69) is 32.6 Å². The second-order valence-electron chi connectivity index (χ2n) is 6.33. The molecule has 0 spiro atoms. The van der Waals surface area contributed by atoms with E-state index in [1.54, 1.807) is 16.2 Å². The Balaban J connectivity index is 1.26. The zero-order valence-corrected chi connectivity index (χ0v) is 18.2. The number of nitrogens with one attached hydrogen (secondary N) is 1. The first kappa shape index (κ1) is 19.8. The summed E-state index contributed by atoms with van der Waals surface area (Å²) >= 11 is 4.50. The minimum atomic E-state index is 0.0447. The molecule has 2 aromatic heterocycles. The number of thioether (sulfide) groups is 1. The molecule has 29 heavy (non-hydrogen) atoms. The summed E-state index contributed by atoms with van der Waals surface area (Å²) in [6.07, 6.45) is 0. The molecule has 1 amide bonds. The minimum absolute atomic E-state index is 0.0447. The monoisotopic (exact) mass is 441 g/mol. The number of carbonyl (C=O) groups is 1. The number of aromatic nitrogens is 3. The molecule has 2 heterocycles. The molecule has 0 aliphatic rings. The van der Waals surface area contributed by atoms with Crippen LogP contribution in [0.5, 0.6) is 0 Å². The zero-order chi connectivity index (χ0) is 20.1. The van der Waals surface area contributed by atoms with Gasteiger partial charge in [0, 0.05) is 13.6 Å². The molecule has 1 N–H and O–H groups in total. The lowest BCUT2D eigenvalue weighted by atomic mass is 10.2. The third kappa shape index (κ3) is 5.31. The molecule has 148 valence electrons. The summed E-state index contributed by atoms with van der Waals surface area (Å²) in [7, 11) is 1.81. The van der Waals surface area contributed by atoms with Gasteiger partial charge in [-0.05, 0) is 17.7 Å². The maximum atomic E-state index is 12.5. The largest absolute Gasteiger partial charge is 0.356 e. The normalized spacial score (nSPS) is 10.9. The van der Waals surface area contributed by atoms with E-state index in [4.69, 9.17) is 0 Å². The lowest BCUT2D eigenvalue weighted by molar-refractivity contribution is -0.127. The molecule has 0 saturated heterocycles. The lowest BCUT2D eigenvalue weighted by Crippen LogP contribution is -2.27. The molecule has 6 nitrogen and oxygen atoms in total. The molecule has 0 radical (unpaired) electrons. The number of rotatable bonds is 8. The van der Waals surface area contributed by atoms with Gasteiger partial charge in [0.25, 0.3) is 0 Å². The molecule has 0 saturated carbocycles. The summed E-state index contributed by atoms with van der Waals surface area (Å²) in [4.78, 5) is 18.8. The number of amides is 1. The van der Waals surface area contributed by atoms with Gasteiger partial charge in [-0.1, -0.05) is 65.6 Å². The van der Waals surface area contributed by atoms with Crippen molar-refractivity contribution in [1.29, 1.82) is 0 Å². The van der Waals surface area contributed by atoms with Crippen molar-refractivity contribution in [3.05, 3.63) is 65.2 Å². The predicted molar refractivity (Wildman–Crippen MR) is 120 cm³/mol. The van der Waals surface area contributed by atoms with Gasteiger partial charge in [-0.2, -0.15) is 0 Å². The maximum absolute atomic E-state index is 12.5. The Kier molecular flexibility index (Phi) is 6.38. The Bertz CT molecular complexity index is 1060. The average Bonchev–Trinajstić information content (AvgIpc) is 3.37. The Hall–Kier alpha value is -2.49. The van der Waals surface area contributed by atoms with E-state index >= 15 is 0 Å². The Morgan fingerprint density at radius 1 is 1.07 bits per heavy atom. The molecule has 0 atom stereocenters. The zero-order valence-electron chi connectivity index (χ0n) is 15.7. The first-order valence-corrected chi connectivity index (χ1v) is 11.6. The Labute approximate surface area is 181 Å². The van der Waals surface area contributed by atoms with Gasteiger partial charge in [-0.25, -0.2) is 4.98 Å². The predicted octanol–water partition coefficient (Wildman–Crippen LogP) is 4.51. The van der Waals surface area contributed by atoms with Gasteiger partial charge in [-0.3, -0.25) is 4.79 Å². The van der Waals surface area contributed by atoms with Gasteiger partial charge in [0.15, 0.2) is 4.34 Å². The molecule has 2 aromatic carbocycles. The van der Waals surface area contributed by atoms with E-state index in [9.17, 15) is 4.79 Å². The van der Waals surface area contributed by atoms with Gasteiger partial charge >= 0.3 is 0 Å². The van der Waals surface area contributed by atoms with E-state index in [1.165, 1.54) is 28.7 Å². The number of nitrogens with zero attached hydrogens (tertiary/aromatic N) is 4. The Morgan fingerprint density at radius 2 is 1.86 bits per heavy atom. The van der Waals surface area contributed by atoms with Gasteiger partial charge in [-0.15, -0.1) is 21.5 Å². The van der Waals surface area contributed by atoms with Crippen molar-refractivity contribution in [3.8, 4) is 0 Å². The average molecular weight is 442 g/mol. The van der Waals surface area contributed by atoms with Crippen LogP contribution < -0.4 is 5.32 Å². The quantitative estimate of drug-likeness (QED) is 0.406. The lowest BCUT2D eigenvalue weighted by Gasteiger charge is -2.14. The Morgan fingerprint density at radius 3 is 2.69 bits per heavy atom. The second kappa shape index (κ2) is 9.34. The number of anilines is 1. The topological polar surface area (TPSA) is 71.0 Å². The molecular weight excluding hydrogens is 422 g/mol. The van der Waals surface area contributed by atoms with E-state index in [1.807, 2.05) is 49.5 Å². The summed E-state index contributed by atoms with van der Waals surface area (Å²) < 4.78 is 1.92. The highest BCUT2D eigenvalue weighted by Gasteiger charge is 2.14. The number of para-hydroxylation sites is 1. The van der Waals surface area contributed by atoms with E-state index in [-0.39, 0.29) is 5.91 Å². The van der Waals surface area contributed by atoms with E-state index in [0.717, 1.165) is 24.7 Å². The summed E-state index contributed by atoms with van der Waals surface area (Å²) in [5, 5.41) is 13.3. The molecule has 9 heteroatoms. The van der Waals surface area contributed by atoms with Crippen LogP contribution in [0.4, 0.5) is 5.13 Å². The number of hydrogen-bond acceptors (Lipinski definition) is 8. The maximum Gasteiger partial charge on any atom is 0.233 e. The first-order valence-electron chi connectivity index (χ1n) is 9.00. The van der Waals surface area contributed by atoms with E-state index in [0.29, 0.717) is 18.8 Å². The third-order valence-corrected chi connectivity index (χ3v) is 7.17. The number of fused-ring (bicyclic) bond motifs is 1. The van der Waals surface area contributed by atoms with Crippen molar-refractivity contribution < 1.29 is 4.79 Å². The SMILES string of the molecule is CN(Cc1nc2ccccc2s1)C(=O)CSc1nnc(NCc2ccccc2)s1. The highest BCUT2D eigenvalue weighted by Crippen LogP contribution is 2.26. The van der Waals surface area contributed by atoms with Crippen LogP contribution >= 0.6 is 34.4 Å². The van der Waals surface area contributed by atoms with Crippen LogP contribution in [0.25, 0.3) is 10.2 Å². The van der Waals surface area contributed by atoms with Gasteiger partial charge in [0.05, 0.1) is 22.5 Å². The number of hydrogen-bond donors (Lipinski definition) is 1. The second-order valence-corrected chi connectivity index (χ2v) is 9.64. The van der Waals surface area contributed by atoms with Crippen LogP contribution in [0.3, 0.4) is 0 Å². The van der Waals surface area contributed by atoms with Crippen molar-refractivity contribution >= 4 is 55.7 Å². The summed E-state index contributed by atoms with van der Waals surface area (Å²) in [5.41, 5.74) is 2.16. The van der Waals surface area contributed by atoms with Crippen molar-refractivity contribution in [2.24, 2.45) is 0 Å². The highest BCUT2D eigenvalue weighted by atomic mass is 32.2. The van der Waals surface area contributed by atoms with Crippen molar-refractivity contribution in [2.45, 2.75) is 17.4 Å². The van der Waals surface area contributed by atoms with Crippen LogP contribution in [-0.4, -0.2) is 38.8 Å².